The average Bonchev–Trinajstić information content (AvgIpc) is 3.28. The number of hydrogen-bond donors (Lipinski definition) is 3. The van der Waals surface area contributed by atoms with Crippen molar-refractivity contribution < 1.29 is 14.3 Å². The van der Waals surface area contributed by atoms with Gasteiger partial charge in [0.25, 0.3) is 5.91 Å². The third-order valence-electron chi connectivity index (χ3n) is 6.85. The molecule has 4 unspecified atom stereocenters. The van der Waals surface area contributed by atoms with Crippen molar-refractivity contribution in [1.82, 2.24) is 20.7 Å². The number of carbonyl (C=O) groups excluding carboxylic acids is 2. The fourth-order valence-electron chi connectivity index (χ4n) is 5.20. The van der Waals surface area contributed by atoms with E-state index < -0.39 is 12.2 Å². The highest BCUT2D eigenvalue weighted by Gasteiger charge is 2.49. The zero-order chi connectivity index (χ0) is 24.5. The van der Waals surface area contributed by atoms with Crippen molar-refractivity contribution in [3.8, 4) is 11.5 Å². The first-order valence-corrected chi connectivity index (χ1v) is 12.1. The number of ether oxygens (including phenoxy) is 1. The highest BCUT2D eigenvalue weighted by molar-refractivity contribution is 6.30. The van der Waals surface area contributed by atoms with Gasteiger partial charge in [-0.25, -0.2) is 5.43 Å². The molecule has 0 saturated carbocycles. The number of nitrogens with one attached hydrogen (secondary N) is 2. The summed E-state index contributed by atoms with van der Waals surface area (Å²) in [6, 6.07) is 14.5. The summed E-state index contributed by atoms with van der Waals surface area (Å²) in [6.07, 6.45) is 4.68. The Hall–Kier alpha value is -3.33. The number of piperidine rings is 1. The second kappa shape index (κ2) is 9.73. The molecule has 2 amide bonds. The molecule has 3 aliphatic rings. The van der Waals surface area contributed by atoms with E-state index in [0.717, 1.165) is 24.0 Å². The molecule has 2 aromatic carbocycles. The molecule has 2 fully saturated rings. The molecule has 0 radical (unpaired) electrons. The smallest absolute Gasteiger partial charge is 0.257 e. The van der Waals surface area contributed by atoms with Gasteiger partial charge in [-0.05, 0) is 60.4 Å². The van der Waals surface area contributed by atoms with Crippen LogP contribution in [0, 0.1) is 5.92 Å². The van der Waals surface area contributed by atoms with Gasteiger partial charge in [0.15, 0.2) is 0 Å². The number of hydrogen-bond acceptors (Lipinski definition) is 6. The van der Waals surface area contributed by atoms with Crippen molar-refractivity contribution in [2.75, 3.05) is 13.1 Å². The molecule has 2 saturated heterocycles. The van der Waals surface area contributed by atoms with E-state index in [1.54, 1.807) is 17.0 Å². The van der Waals surface area contributed by atoms with Crippen molar-refractivity contribution in [1.29, 1.82) is 0 Å². The van der Waals surface area contributed by atoms with Crippen LogP contribution in [0.1, 0.15) is 18.4 Å². The van der Waals surface area contributed by atoms with E-state index in [1.807, 2.05) is 42.6 Å². The minimum Gasteiger partial charge on any atom is -0.457 e. The van der Waals surface area contributed by atoms with Gasteiger partial charge >= 0.3 is 0 Å². The van der Waals surface area contributed by atoms with Gasteiger partial charge in [0.05, 0.1) is 6.17 Å². The van der Waals surface area contributed by atoms with E-state index in [-0.39, 0.29) is 23.8 Å². The maximum Gasteiger partial charge on any atom is 0.257 e. The fraction of sp³-hybridized carbons (Fsp3) is 0.308. The predicted molar refractivity (Wildman–Crippen MR) is 134 cm³/mol. The molecule has 4 atom stereocenters. The van der Waals surface area contributed by atoms with Gasteiger partial charge in [-0.1, -0.05) is 36.4 Å². The minimum absolute atomic E-state index is 0.0131. The summed E-state index contributed by atoms with van der Waals surface area (Å²) < 4.78 is 5.92. The third kappa shape index (κ3) is 4.65. The molecule has 35 heavy (non-hydrogen) atoms. The van der Waals surface area contributed by atoms with Crippen LogP contribution >= 0.6 is 11.6 Å². The Labute approximate surface area is 209 Å². The first-order chi connectivity index (χ1) is 16.9. The molecule has 2 aromatic rings. The monoisotopic (exact) mass is 493 g/mol. The maximum absolute atomic E-state index is 13.0. The predicted octanol–water partition coefficient (Wildman–Crippen LogP) is 2.87. The first kappa shape index (κ1) is 23.4. The lowest BCUT2D eigenvalue weighted by molar-refractivity contribution is -0.132. The van der Waals surface area contributed by atoms with Crippen molar-refractivity contribution in [2.24, 2.45) is 11.7 Å². The van der Waals surface area contributed by atoms with E-state index in [9.17, 15) is 9.59 Å². The van der Waals surface area contributed by atoms with Gasteiger partial charge in [-0.2, -0.15) is 0 Å². The van der Waals surface area contributed by atoms with Crippen LogP contribution in [0.25, 0.3) is 5.57 Å². The summed E-state index contributed by atoms with van der Waals surface area (Å²) in [4.78, 5) is 29.1. The summed E-state index contributed by atoms with van der Waals surface area (Å²) in [5.74, 6) is 0.877. The van der Waals surface area contributed by atoms with Crippen molar-refractivity contribution in [3.63, 3.8) is 0 Å². The lowest BCUT2D eigenvalue weighted by atomic mass is 9.86. The van der Waals surface area contributed by atoms with Crippen LogP contribution in [0.3, 0.4) is 0 Å². The topological polar surface area (TPSA) is 99.9 Å². The minimum atomic E-state index is -0.453. The Morgan fingerprint density at radius 2 is 2.00 bits per heavy atom. The molecule has 5 rings (SSSR count). The maximum atomic E-state index is 13.0. The molecule has 9 heteroatoms. The van der Waals surface area contributed by atoms with E-state index in [1.165, 1.54) is 6.08 Å². The Morgan fingerprint density at radius 1 is 1.20 bits per heavy atom. The molecule has 0 bridgehead atoms. The quantitative estimate of drug-likeness (QED) is 0.554. The number of fused-ring (bicyclic) bond motifs is 1. The van der Waals surface area contributed by atoms with Crippen LogP contribution in [0.4, 0.5) is 0 Å². The number of hydrazine groups is 1. The fourth-order valence-corrected chi connectivity index (χ4v) is 5.38. The van der Waals surface area contributed by atoms with Crippen LogP contribution in [-0.4, -0.2) is 53.0 Å². The summed E-state index contributed by atoms with van der Waals surface area (Å²) in [6.45, 7) is 4.85. The number of nitrogens with two attached hydrogens (primary N) is 1. The lowest BCUT2D eigenvalue weighted by Gasteiger charge is -2.43. The van der Waals surface area contributed by atoms with Crippen molar-refractivity contribution >= 4 is 29.0 Å². The van der Waals surface area contributed by atoms with E-state index in [0.29, 0.717) is 29.6 Å². The average molecular weight is 494 g/mol. The number of rotatable bonds is 5. The van der Waals surface area contributed by atoms with Crippen LogP contribution < -0.4 is 21.3 Å². The zero-order valence-electron chi connectivity index (χ0n) is 19.2. The van der Waals surface area contributed by atoms with Crippen LogP contribution in [-0.2, 0) is 9.59 Å². The molecule has 182 valence electrons. The normalized spacial score (nSPS) is 26.0. The molecule has 3 aliphatic heterocycles. The van der Waals surface area contributed by atoms with Gasteiger partial charge in [0.2, 0.25) is 5.91 Å². The van der Waals surface area contributed by atoms with Gasteiger partial charge in [0.1, 0.15) is 17.5 Å². The number of nitrogens with zero attached hydrogens (tertiary/aromatic N) is 2. The number of amides is 2. The summed E-state index contributed by atoms with van der Waals surface area (Å²) in [5, 5.41) is 0.606. The number of carbonyl (C=O) groups is 2. The number of likely N-dealkylation sites (tertiary alicyclic amines) is 1. The molecule has 3 heterocycles. The van der Waals surface area contributed by atoms with Gasteiger partial charge in [0, 0.05) is 36.3 Å². The second-order valence-electron chi connectivity index (χ2n) is 9.03. The Kier molecular flexibility index (Phi) is 6.51. The molecule has 0 aromatic heterocycles. The Balaban J connectivity index is 1.42. The number of halogens is 1. The second-order valence-corrected chi connectivity index (χ2v) is 9.47. The van der Waals surface area contributed by atoms with Crippen LogP contribution in [0.15, 0.2) is 67.4 Å². The largest absolute Gasteiger partial charge is 0.457 e. The molecular weight excluding hydrogens is 466 g/mol. The number of benzene rings is 2. The molecule has 0 spiro atoms. The molecular formula is C26H28ClN5O3. The van der Waals surface area contributed by atoms with Crippen molar-refractivity contribution in [2.45, 2.75) is 31.1 Å². The molecule has 0 aliphatic carbocycles. The Bertz CT molecular complexity index is 1170. The van der Waals surface area contributed by atoms with Gasteiger partial charge in [-0.15, -0.1) is 0 Å². The molecule has 4 N–H and O–H groups in total. The highest BCUT2D eigenvalue weighted by atomic mass is 35.5. The van der Waals surface area contributed by atoms with E-state index in [4.69, 9.17) is 22.1 Å². The Morgan fingerprint density at radius 3 is 2.74 bits per heavy atom. The van der Waals surface area contributed by atoms with E-state index >= 15 is 0 Å². The van der Waals surface area contributed by atoms with Gasteiger partial charge in [-0.3, -0.25) is 15.0 Å². The summed E-state index contributed by atoms with van der Waals surface area (Å²) in [7, 11) is 0. The highest BCUT2D eigenvalue weighted by Crippen LogP contribution is 2.41. The zero-order valence-corrected chi connectivity index (χ0v) is 19.9. The summed E-state index contributed by atoms with van der Waals surface area (Å²) in [5.41, 5.74) is 14.0. The first-order valence-electron chi connectivity index (χ1n) is 11.7. The van der Waals surface area contributed by atoms with Gasteiger partial charge < -0.3 is 20.3 Å². The standard InChI is InChI=1S/C26H28ClN5O3/c1-2-22(33)31-12-4-6-18(14-31)32-15-21(23-24(32)26(34)30-29-25(23)28)16-8-10-19(11-9-16)35-20-7-3-5-17(27)13-20/h2-3,5,7-11,13,15,18,23-25,29H,1,4,6,12,14,28H2,(H,30,34). The lowest BCUT2D eigenvalue weighted by Crippen LogP contribution is -2.67. The summed E-state index contributed by atoms with van der Waals surface area (Å²) >= 11 is 6.06. The van der Waals surface area contributed by atoms with E-state index in [2.05, 4.69) is 22.3 Å². The van der Waals surface area contributed by atoms with Crippen LogP contribution in [0.2, 0.25) is 5.02 Å². The van der Waals surface area contributed by atoms with Crippen molar-refractivity contribution in [3.05, 3.63) is 78.0 Å². The van der Waals surface area contributed by atoms with Crippen LogP contribution in [0.5, 0.6) is 11.5 Å². The third-order valence-corrected chi connectivity index (χ3v) is 7.09. The molecule has 8 nitrogen and oxygen atoms in total. The SMILES string of the molecule is C=CC(=O)N1CCCC(N2C=C(c3ccc(Oc4cccc(Cl)c4)cc3)C3C(N)NNC(=O)C32)C1.